The maximum atomic E-state index is 12.5. The molecule has 7 aromatic rings. The molecule has 0 bridgehead atoms. The quantitative estimate of drug-likeness (QED) is 0.169. The molecular weight excluding hydrogens is 498 g/mol. The summed E-state index contributed by atoms with van der Waals surface area (Å²) in [7, 11) is 3.26. The number of benzene rings is 5. The van der Waals surface area contributed by atoms with Crippen molar-refractivity contribution < 1.29 is 14.3 Å². The molecule has 0 saturated heterocycles. The molecule has 5 aromatic carbocycles. The van der Waals surface area contributed by atoms with Crippen LogP contribution in [0.5, 0.6) is 11.5 Å². The third-order valence-electron chi connectivity index (χ3n) is 7.86. The van der Waals surface area contributed by atoms with E-state index < -0.39 is 0 Å². The van der Waals surface area contributed by atoms with Gasteiger partial charge in [0, 0.05) is 49.8 Å². The number of aromatic amines is 1. The Hall–Kier alpha value is -5.10. The van der Waals surface area contributed by atoms with Crippen LogP contribution in [0.15, 0.2) is 84.9 Å². The second kappa shape index (κ2) is 9.27. The molecule has 1 atom stereocenters. The van der Waals surface area contributed by atoms with Crippen molar-refractivity contribution in [2.45, 2.75) is 13.0 Å². The summed E-state index contributed by atoms with van der Waals surface area (Å²) in [6, 6.07) is 28.7. The molecule has 0 spiro atoms. The second-order valence-electron chi connectivity index (χ2n) is 10.0. The zero-order valence-electron chi connectivity index (χ0n) is 22.4. The molecule has 0 aliphatic carbocycles. The molecule has 6 nitrogen and oxygen atoms in total. The van der Waals surface area contributed by atoms with Crippen LogP contribution in [0.4, 0.5) is 5.82 Å². The Labute approximate surface area is 230 Å². The van der Waals surface area contributed by atoms with Crippen molar-refractivity contribution in [3.8, 4) is 11.5 Å². The van der Waals surface area contributed by atoms with Crippen molar-refractivity contribution in [3.63, 3.8) is 0 Å². The molecule has 0 fully saturated rings. The Bertz CT molecular complexity index is 2100. The number of rotatable bonds is 6. The lowest BCUT2D eigenvalue weighted by Gasteiger charge is -2.20. The summed E-state index contributed by atoms with van der Waals surface area (Å²) in [4.78, 5) is 21.1. The zero-order valence-corrected chi connectivity index (χ0v) is 22.4. The molecule has 0 saturated carbocycles. The van der Waals surface area contributed by atoms with Gasteiger partial charge in [0.1, 0.15) is 17.3 Å². The standard InChI is InChI=1S/C34H27N3O3/c1-19(20-9-5-4-6-10-20)35-34-25-16-15-24-30(29(25)22-11-7-8-12-27(22)37-34)31-23-14-13-21(39-2)17-28(23)36-32(31)26(18-38)33(24)40-3/h4-19,36H,1-3H3,(H,35,37)/t19-/m0/s1. The first kappa shape index (κ1) is 24.0. The van der Waals surface area contributed by atoms with Crippen LogP contribution in [-0.4, -0.2) is 30.5 Å². The van der Waals surface area contributed by atoms with Gasteiger partial charge in [0.15, 0.2) is 6.29 Å². The van der Waals surface area contributed by atoms with Crippen LogP contribution in [0.3, 0.4) is 0 Å². The van der Waals surface area contributed by atoms with Gasteiger partial charge in [0.2, 0.25) is 0 Å². The Morgan fingerprint density at radius 1 is 0.800 bits per heavy atom. The SMILES string of the molecule is COc1ccc2c(c1)[nH]c1c(C=O)c(OC)c3ccc4c(N[C@@H](C)c5ccccc5)nc5ccccc5c4c3c12. The van der Waals surface area contributed by atoms with Gasteiger partial charge in [-0.25, -0.2) is 4.98 Å². The van der Waals surface area contributed by atoms with E-state index in [0.717, 1.165) is 72.1 Å². The van der Waals surface area contributed by atoms with Crippen LogP contribution in [-0.2, 0) is 0 Å². The van der Waals surface area contributed by atoms with Crippen LogP contribution in [0.2, 0.25) is 0 Å². The predicted molar refractivity (Wildman–Crippen MR) is 163 cm³/mol. The third kappa shape index (κ3) is 3.49. The van der Waals surface area contributed by atoms with Crippen molar-refractivity contribution in [1.82, 2.24) is 9.97 Å². The summed E-state index contributed by atoms with van der Waals surface area (Å²) >= 11 is 0. The molecule has 2 aromatic heterocycles. The fourth-order valence-corrected chi connectivity index (χ4v) is 5.99. The molecule has 40 heavy (non-hydrogen) atoms. The van der Waals surface area contributed by atoms with Crippen molar-refractivity contribution in [1.29, 1.82) is 0 Å². The van der Waals surface area contributed by atoms with Gasteiger partial charge in [-0.3, -0.25) is 4.79 Å². The highest BCUT2D eigenvalue weighted by Gasteiger charge is 2.23. The summed E-state index contributed by atoms with van der Waals surface area (Å²) in [6.07, 6.45) is 0.872. The Morgan fingerprint density at radius 3 is 2.33 bits per heavy atom. The molecule has 196 valence electrons. The molecular formula is C34H27N3O3. The van der Waals surface area contributed by atoms with E-state index in [2.05, 4.69) is 41.5 Å². The summed E-state index contributed by atoms with van der Waals surface area (Å²) < 4.78 is 11.4. The van der Waals surface area contributed by atoms with E-state index in [9.17, 15) is 4.79 Å². The number of ether oxygens (including phenoxy) is 2. The zero-order chi connectivity index (χ0) is 27.4. The number of H-pyrrole nitrogens is 1. The Morgan fingerprint density at radius 2 is 1.55 bits per heavy atom. The average molecular weight is 526 g/mol. The van der Waals surface area contributed by atoms with Gasteiger partial charge in [-0.2, -0.15) is 0 Å². The normalized spacial score (nSPS) is 12.4. The lowest BCUT2D eigenvalue weighted by molar-refractivity contribution is 0.112. The van der Waals surface area contributed by atoms with E-state index in [0.29, 0.717) is 11.3 Å². The number of hydrogen-bond donors (Lipinski definition) is 2. The number of aldehydes is 1. The Balaban J connectivity index is 1.67. The maximum Gasteiger partial charge on any atom is 0.155 e. The molecule has 7 rings (SSSR count). The number of fused-ring (bicyclic) bond motifs is 9. The summed E-state index contributed by atoms with van der Waals surface area (Å²) in [5, 5.41) is 10.6. The van der Waals surface area contributed by atoms with Crippen molar-refractivity contribution in [2.24, 2.45) is 0 Å². The van der Waals surface area contributed by atoms with E-state index in [1.807, 2.05) is 60.7 Å². The number of methoxy groups -OCH3 is 2. The molecule has 0 amide bonds. The number of anilines is 1. The highest BCUT2D eigenvalue weighted by atomic mass is 16.5. The van der Waals surface area contributed by atoms with Crippen LogP contribution in [0, 0.1) is 0 Å². The van der Waals surface area contributed by atoms with Crippen molar-refractivity contribution in [3.05, 3.63) is 96.1 Å². The van der Waals surface area contributed by atoms with E-state index in [4.69, 9.17) is 14.5 Å². The van der Waals surface area contributed by atoms with Crippen LogP contribution in [0.1, 0.15) is 28.9 Å². The first-order valence-corrected chi connectivity index (χ1v) is 13.2. The third-order valence-corrected chi connectivity index (χ3v) is 7.86. The average Bonchev–Trinajstić information content (AvgIpc) is 3.38. The minimum atomic E-state index is 0.0429. The number of nitrogens with zero attached hydrogens (tertiary/aromatic N) is 1. The van der Waals surface area contributed by atoms with Crippen molar-refractivity contribution >= 4 is 66.4 Å². The molecule has 0 unspecified atom stereocenters. The highest BCUT2D eigenvalue weighted by Crippen LogP contribution is 2.46. The van der Waals surface area contributed by atoms with E-state index in [1.165, 1.54) is 5.56 Å². The second-order valence-corrected chi connectivity index (χ2v) is 10.0. The number of carbonyl (C=O) groups excluding carboxylic acids is 1. The first-order chi connectivity index (χ1) is 19.6. The fourth-order valence-electron chi connectivity index (χ4n) is 5.99. The molecule has 0 aliphatic rings. The van der Waals surface area contributed by atoms with Gasteiger partial charge in [0.05, 0.1) is 36.3 Å². The van der Waals surface area contributed by atoms with Gasteiger partial charge in [-0.05, 0) is 42.8 Å². The van der Waals surface area contributed by atoms with Crippen LogP contribution >= 0.6 is 0 Å². The van der Waals surface area contributed by atoms with Gasteiger partial charge in [0.25, 0.3) is 0 Å². The minimum Gasteiger partial charge on any atom is -0.497 e. The minimum absolute atomic E-state index is 0.0429. The summed E-state index contributed by atoms with van der Waals surface area (Å²) in [6.45, 7) is 2.14. The monoisotopic (exact) mass is 525 g/mol. The summed E-state index contributed by atoms with van der Waals surface area (Å²) in [5.41, 5.74) is 4.19. The van der Waals surface area contributed by atoms with Crippen molar-refractivity contribution in [2.75, 3.05) is 19.5 Å². The highest BCUT2D eigenvalue weighted by molar-refractivity contribution is 6.35. The fraction of sp³-hybridized carbons (Fsp3) is 0.118. The van der Waals surface area contributed by atoms with Gasteiger partial charge in [-0.15, -0.1) is 0 Å². The van der Waals surface area contributed by atoms with Gasteiger partial charge >= 0.3 is 0 Å². The molecule has 0 aliphatic heterocycles. The molecule has 2 heterocycles. The number of aromatic nitrogens is 2. The van der Waals surface area contributed by atoms with E-state index in [1.54, 1.807) is 14.2 Å². The molecule has 6 heteroatoms. The topological polar surface area (TPSA) is 76.2 Å². The molecule has 2 N–H and O–H groups in total. The van der Waals surface area contributed by atoms with Crippen LogP contribution in [0.25, 0.3) is 54.3 Å². The Kier molecular flexibility index (Phi) is 5.56. The van der Waals surface area contributed by atoms with Gasteiger partial charge < -0.3 is 19.8 Å². The predicted octanol–water partition coefficient (Wildman–Crippen LogP) is 8.18. The number of pyridine rings is 1. The number of para-hydroxylation sites is 1. The van der Waals surface area contributed by atoms with Crippen LogP contribution < -0.4 is 14.8 Å². The smallest absolute Gasteiger partial charge is 0.155 e. The van der Waals surface area contributed by atoms with Gasteiger partial charge in [-0.1, -0.05) is 48.5 Å². The maximum absolute atomic E-state index is 12.5. The lowest BCUT2D eigenvalue weighted by Crippen LogP contribution is -2.08. The number of carbonyl (C=O) groups is 1. The summed E-state index contributed by atoms with van der Waals surface area (Å²) in [5.74, 6) is 2.09. The van der Waals surface area contributed by atoms with E-state index >= 15 is 0 Å². The lowest BCUT2D eigenvalue weighted by atomic mass is 9.92. The number of hydrogen-bond acceptors (Lipinski definition) is 5. The number of nitrogens with one attached hydrogen (secondary N) is 2. The first-order valence-electron chi connectivity index (χ1n) is 13.2. The largest absolute Gasteiger partial charge is 0.497 e. The molecule has 0 radical (unpaired) electrons. The van der Waals surface area contributed by atoms with E-state index in [-0.39, 0.29) is 6.04 Å².